The zero-order chi connectivity index (χ0) is 53.7. The molecular formula is C70H48BBrN6O2. The minimum absolute atomic E-state index is 0.512. The predicted molar refractivity (Wildman–Crippen MR) is 335 cm³/mol. The Labute approximate surface area is 469 Å². The van der Waals surface area contributed by atoms with Crippen LogP contribution in [0.25, 0.3) is 121 Å². The van der Waals surface area contributed by atoms with Crippen LogP contribution in [0.1, 0.15) is 0 Å². The summed E-state index contributed by atoms with van der Waals surface area (Å²) >= 11 is 3.67. The molecule has 0 radical (unpaired) electrons. The van der Waals surface area contributed by atoms with E-state index in [1.807, 2.05) is 97.3 Å². The van der Waals surface area contributed by atoms with E-state index in [1.165, 1.54) is 54.6 Å². The summed E-state index contributed by atoms with van der Waals surface area (Å²) in [7, 11) is -1.50. The molecule has 8 nitrogen and oxygen atoms in total. The SMILES string of the molecule is Brc1cccc2c3cccnc3n(-c3ccccc3)c12.OB(O)c1cccc2c3ccccc3n(-c3ccccc3)c12.c1ccc(-n2c3ccccc3c3cccc(-c4cccc5c6cccnc6n(-c6ccccc6)c45)c32)cc1. The van der Waals surface area contributed by atoms with Crippen molar-refractivity contribution in [2.24, 2.45) is 0 Å². The molecule has 10 aromatic carbocycles. The van der Waals surface area contributed by atoms with E-state index in [0.29, 0.717) is 5.46 Å². The van der Waals surface area contributed by atoms with E-state index in [4.69, 9.17) is 4.98 Å². The number of para-hydroxylation sites is 10. The third-order valence-electron chi connectivity index (χ3n) is 15.1. The van der Waals surface area contributed by atoms with Crippen LogP contribution in [0.5, 0.6) is 0 Å². The number of benzene rings is 10. The molecule has 2 N–H and O–H groups in total. The molecule has 0 aliphatic heterocycles. The standard InChI is InChI=1S/C35H23N3.C18H14BNO2.C17H11BrN2/c1-3-12-24(13-4-1)37-32-22-8-7-16-26(32)27-17-9-18-28(33(27)37)29-19-10-20-30-31-21-11-23-36-35(31)38(34(29)30)25-14-5-2-6-15-25;21-19(22)16-11-6-10-15-14-9-4-5-12-17(14)20(18(15)16)13-7-2-1-3-8-13;18-15-10-4-8-13-14-9-5-11-19-17(14)20(16(13)15)12-6-2-1-3-7-12/h1-23H;1-12,21-22H;1-11H. The van der Waals surface area contributed by atoms with Crippen LogP contribution in [0, 0.1) is 0 Å². The average Bonchev–Trinajstić information content (AvgIpc) is 4.35. The Morgan fingerprint density at radius 3 is 1.11 bits per heavy atom. The molecule has 0 amide bonds. The van der Waals surface area contributed by atoms with Crippen molar-refractivity contribution in [1.29, 1.82) is 0 Å². The van der Waals surface area contributed by atoms with E-state index in [0.717, 1.165) is 71.2 Å². The van der Waals surface area contributed by atoms with Crippen molar-refractivity contribution in [1.82, 2.24) is 28.2 Å². The van der Waals surface area contributed by atoms with Gasteiger partial charge < -0.3 is 19.2 Å². The molecular weight excluding hydrogens is 1050 g/mol. The lowest BCUT2D eigenvalue weighted by atomic mass is 9.79. The van der Waals surface area contributed by atoms with Crippen LogP contribution in [-0.4, -0.2) is 45.4 Å². The van der Waals surface area contributed by atoms with Gasteiger partial charge in [-0.3, -0.25) is 9.13 Å². The maximum atomic E-state index is 9.76. The second kappa shape index (κ2) is 20.5. The molecule has 0 aliphatic carbocycles. The first kappa shape index (κ1) is 48.5. The fourth-order valence-electron chi connectivity index (χ4n) is 11.8. The Bertz CT molecular complexity index is 4780. The van der Waals surface area contributed by atoms with Gasteiger partial charge >= 0.3 is 7.12 Å². The number of rotatable bonds is 6. The van der Waals surface area contributed by atoms with E-state index in [2.05, 4.69) is 215 Å². The molecule has 10 heteroatoms. The molecule has 0 saturated carbocycles. The molecule has 380 valence electrons. The summed E-state index contributed by atoms with van der Waals surface area (Å²) in [5.74, 6) is 0. The first-order valence-corrected chi connectivity index (χ1v) is 27.4. The normalized spacial score (nSPS) is 11.4. The highest BCUT2D eigenvalue weighted by Gasteiger charge is 2.23. The van der Waals surface area contributed by atoms with Crippen molar-refractivity contribution in [2.75, 3.05) is 0 Å². The molecule has 0 aliphatic rings. The summed E-state index contributed by atoms with van der Waals surface area (Å²) in [6.45, 7) is 0. The maximum absolute atomic E-state index is 9.76. The Kier molecular flexibility index (Phi) is 12.4. The summed E-state index contributed by atoms with van der Waals surface area (Å²) in [4.78, 5) is 9.43. The minimum atomic E-state index is -1.50. The van der Waals surface area contributed by atoms with Crippen molar-refractivity contribution in [3.8, 4) is 33.9 Å². The summed E-state index contributed by atoms with van der Waals surface area (Å²) in [5.41, 5.74) is 15.9. The number of halogens is 1. The zero-order valence-electron chi connectivity index (χ0n) is 43.1. The van der Waals surface area contributed by atoms with Crippen molar-refractivity contribution in [3.63, 3.8) is 0 Å². The Balaban J connectivity index is 0.000000117. The Morgan fingerprint density at radius 1 is 0.287 bits per heavy atom. The lowest BCUT2D eigenvalue weighted by molar-refractivity contribution is 0.426. The van der Waals surface area contributed by atoms with E-state index < -0.39 is 7.12 Å². The van der Waals surface area contributed by atoms with Gasteiger partial charge in [-0.15, -0.1) is 0 Å². The van der Waals surface area contributed by atoms with Crippen molar-refractivity contribution >= 4 is 116 Å². The third-order valence-corrected chi connectivity index (χ3v) is 15.7. The van der Waals surface area contributed by atoms with E-state index >= 15 is 0 Å². The van der Waals surface area contributed by atoms with Gasteiger partial charge in [-0.1, -0.05) is 176 Å². The van der Waals surface area contributed by atoms with Crippen LogP contribution in [0.4, 0.5) is 0 Å². The molecule has 80 heavy (non-hydrogen) atoms. The van der Waals surface area contributed by atoms with E-state index in [1.54, 1.807) is 6.07 Å². The van der Waals surface area contributed by atoms with Crippen LogP contribution in [0.15, 0.2) is 284 Å². The van der Waals surface area contributed by atoms with Crippen LogP contribution >= 0.6 is 15.9 Å². The summed E-state index contributed by atoms with van der Waals surface area (Å²) in [6.07, 6.45) is 3.73. The fourth-order valence-corrected chi connectivity index (χ4v) is 12.3. The van der Waals surface area contributed by atoms with Gasteiger partial charge in [0.15, 0.2) is 0 Å². The Hall–Kier alpha value is -9.84. The fraction of sp³-hybridized carbons (Fsp3) is 0. The zero-order valence-corrected chi connectivity index (χ0v) is 44.7. The van der Waals surface area contributed by atoms with Gasteiger partial charge in [0.2, 0.25) is 0 Å². The third kappa shape index (κ3) is 8.16. The number of aromatic nitrogens is 6. The largest absolute Gasteiger partial charge is 0.490 e. The first-order valence-electron chi connectivity index (χ1n) is 26.6. The summed E-state index contributed by atoms with van der Waals surface area (Å²) in [6, 6.07) is 91.9. The molecule has 0 spiro atoms. The maximum Gasteiger partial charge on any atom is 0.490 e. The van der Waals surface area contributed by atoms with Gasteiger partial charge in [-0.05, 0) is 107 Å². The summed E-state index contributed by atoms with van der Waals surface area (Å²) in [5, 5.41) is 28.9. The van der Waals surface area contributed by atoms with Crippen LogP contribution in [-0.2, 0) is 0 Å². The molecule has 0 unspecified atom stereocenters. The van der Waals surface area contributed by atoms with Crippen LogP contribution < -0.4 is 5.46 Å². The predicted octanol–water partition coefficient (Wildman–Crippen LogP) is 16.3. The van der Waals surface area contributed by atoms with Gasteiger partial charge in [-0.2, -0.15) is 0 Å². The number of hydrogen-bond acceptors (Lipinski definition) is 4. The molecule has 0 bridgehead atoms. The highest BCUT2D eigenvalue weighted by atomic mass is 79.9. The Morgan fingerprint density at radius 2 is 0.625 bits per heavy atom. The van der Waals surface area contributed by atoms with Crippen molar-refractivity contribution in [2.45, 2.75) is 0 Å². The molecule has 6 heterocycles. The quantitative estimate of drug-likeness (QED) is 0.162. The minimum Gasteiger partial charge on any atom is -0.423 e. The van der Waals surface area contributed by atoms with E-state index in [9.17, 15) is 10.0 Å². The first-order chi connectivity index (χ1) is 39.5. The monoisotopic (exact) mass is 1090 g/mol. The second-order valence-electron chi connectivity index (χ2n) is 19.6. The lowest BCUT2D eigenvalue weighted by Gasteiger charge is -2.14. The topological polar surface area (TPSA) is 86.0 Å². The average molecular weight is 1100 g/mol. The molecule has 6 aromatic heterocycles. The lowest BCUT2D eigenvalue weighted by Crippen LogP contribution is -2.31. The molecule has 16 rings (SSSR count). The highest BCUT2D eigenvalue weighted by molar-refractivity contribution is 9.10. The molecule has 0 saturated heterocycles. The van der Waals surface area contributed by atoms with Crippen molar-refractivity contribution < 1.29 is 10.0 Å². The van der Waals surface area contributed by atoms with Crippen LogP contribution in [0.2, 0.25) is 0 Å². The number of fused-ring (bicyclic) bond motifs is 12. The molecule has 0 fully saturated rings. The number of pyridine rings is 2. The number of nitrogens with zero attached hydrogens (tertiary/aromatic N) is 6. The van der Waals surface area contributed by atoms with Gasteiger partial charge in [0.1, 0.15) is 11.3 Å². The summed E-state index contributed by atoms with van der Waals surface area (Å²) < 4.78 is 10.1. The van der Waals surface area contributed by atoms with Gasteiger partial charge in [0.05, 0.1) is 33.1 Å². The smallest absolute Gasteiger partial charge is 0.423 e. The van der Waals surface area contributed by atoms with Crippen molar-refractivity contribution in [3.05, 3.63) is 284 Å². The molecule has 0 atom stereocenters. The van der Waals surface area contributed by atoms with E-state index in [-0.39, 0.29) is 0 Å². The van der Waals surface area contributed by atoms with Gasteiger partial charge in [0, 0.05) is 99.3 Å². The van der Waals surface area contributed by atoms with Gasteiger partial charge in [0.25, 0.3) is 0 Å². The van der Waals surface area contributed by atoms with Crippen LogP contribution in [0.3, 0.4) is 0 Å². The second-order valence-corrected chi connectivity index (χ2v) is 20.5. The number of hydrogen-bond donors (Lipinski definition) is 2. The molecule has 16 aromatic rings. The highest BCUT2D eigenvalue weighted by Crippen LogP contribution is 2.43. The van der Waals surface area contributed by atoms with Gasteiger partial charge in [-0.25, -0.2) is 9.97 Å².